The Morgan fingerprint density at radius 1 is 0.481 bits per heavy atom. The molecule has 0 fully saturated rings. The van der Waals surface area contributed by atoms with Crippen molar-refractivity contribution in [2.24, 2.45) is 0 Å². The van der Waals surface area contributed by atoms with Crippen molar-refractivity contribution in [2.75, 3.05) is 9.80 Å². The summed E-state index contributed by atoms with van der Waals surface area (Å²) in [6.07, 6.45) is 14.7. The van der Waals surface area contributed by atoms with Gasteiger partial charge in [-0.05, 0) is 163 Å². The Balaban J connectivity index is 1.25. The molecule has 0 amide bonds. The summed E-state index contributed by atoms with van der Waals surface area (Å²) >= 11 is 0. The summed E-state index contributed by atoms with van der Waals surface area (Å²) in [6, 6.07) is 27.6. The number of hydrogen-bond donors (Lipinski definition) is 0. The van der Waals surface area contributed by atoms with Crippen molar-refractivity contribution in [1.82, 2.24) is 0 Å². The SMILES string of the molecule is Cc1cc(C)c(B2C3=C4C(=CCC3)N3c5cc6c(cc5B(c5c(C)cc(C)cc5C)c5cccc(c53)N4c3cc4c(cc32)CCCC4)CCCC6)c(C)c1. The number of anilines is 4. The van der Waals surface area contributed by atoms with Crippen LogP contribution in [0.5, 0.6) is 0 Å². The molecule has 2 nitrogen and oxygen atoms in total. The van der Waals surface area contributed by atoms with E-state index in [2.05, 4.69) is 124 Å². The van der Waals surface area contributed by atoms with E-state index in [-0.39, 0.29) is 13.4 Å². The number of benzene rings is 5. The van der Waals surface area contributed by atoms with Crippen LogP contribution >= 0.6 is 0 Å². The van der Waals surface area contributed by atoms with Crippen LogP contribution in [0.1, 0.15) is 94.2 Å². The largest absolute Gasteiger partial charge is 0.308 e. The molecule has 6 aliphatic rings. The number of fused-ring (bicyclic) bond motifs is 8. The maximum Gasteiger partial charge on any atom is 0.247 e. The third-order valence-electron chi connectivity index (χ3n) is 14.1. The van der Waals surface area contributed by atoms with Gasteiger partial charge in [-0.25, -0.2) is 0 Å². The monoisotopic (exact) mass is 700 g/mol. The van der Waals surface area contributed by atoms with Gasteiger partial charge in [0.1, 0.15) is 0 Å². The predicted octanol–water partition coefficient (Wildman–Crippen LogP) is 8.51. The molecule has 11 rings (SSSR count). The van der Waals surface area contributed by atoms with Crippen LogP contribution in [0.3, 0.4) is 0 Å². The van der Waals surface area contributed by atoms with E-state index < -0.39 is 0 Å². The topological polar surface area (TPSA) is 6.48 Å². The zero-order chi connectivity index (χ0) is 36.6. The van der Waals surface area contributed by atoms with Gasteiger partial charge in [-0.3, -0.25) is 0 Å². The van der Waals surface area contributed by atoms with E-state index >= 15 is 0 Å². The minimum absolute atomic E-state index is 0.187. The molecule has 0 saturated heterocycles. The fourth-order valence-corrected chi connectivity index (χ4v) is 12.1. The van der Waals surface area contributed by atoms with Crippen LogP contribution in [0.15, 0.2) is 89.7 Å². The van der Waals surface area contributed by atoms with Crippen LogP contribution in [0.25, 0.3) is 0 Å². The van der Waals surface area contributed by atoms with Crippen LogP contribution < -0.4 is 37.1 Å². The summed E-state index contributed by atoms with van der Waals surface area (Å²) in [7, 11) is 0. The Morgan fingerprint density at radius 3 is 1.56 bits per heavy atom. The maximum atomic E-state index is 2.75. The number of rotatable bonds is 2. The highest BCUT2D eigenvalue weighted by molar-refractivity contribution is 6.98. The highest BCUT2D eigenvalue weighted by Gasteiger charge is 2.49. The van der Waals surface area contributed by atoms with Crippen molar-refractivity contribution in [3.8, 4) is 0 Å². The zero-order valence-electron chi connectivity index (χ0n) is 33.0. The van der Waals surface area contributed by atoms with Crippen LogP contribution in [-0.4, -0.2) is 13.4 Å². The van der Waals surface area contributed by atoms with Gasteiger partial charge in [-0.1, -0.05) is 104 Å². The lowest BCUT2D eigenvalue weighted by Crippen LogP contribution is -2.61. The van der Waals surface area contributed by atoms with Gasteiger partial charge in [-0.15, -0.1) is 0 Å². The maximum absolute atomic E-state index is 2.75. The molecule has 54 heavy (non-hydrogen) atoms. The average Bonchev–Trinajstić information content (AvgIpc) is 3.15. The molecule has 266 valence electrons. The molecular weight excluding hydrogens is 650 g/mol. The summed E-state index contributed by atoms with van der Waals surface area (Å²) in [5.74, 6) is 0. The minimum atomic E-state index is 0.187. The zero-order valence-corrected chi connectivity index (χ0v) is 33.0. The summed E-state index contributed by atoms with van der Waals surface area (Å²) in [6.45, 7) is 14.4. The molecule has 0 N–H and O–H groups in total. The summed E-state index contributed by atoms with van der Waals surface area (Å²) in [5.41, 5.74) is 32.2. The second kappa shape index (κ2) is 11.9. The first-order valence-corrected chi connectivity index (χ1v) is 20.9. The molecule has 0 radical (unpaired) electrons. The molecule has 0 spiro atoms. The number of allylic oxidation sites excluding steroid dienone is 2. The first-order valence-electron chi connectivity index (χ1n) is 20.9. The summed E-state index contributed by atoms with van der Waals surface area (Å²) in [5, 5.41) is 0. The third kappa shape index (κ3) is 4.55. The molecule has 5 aromatic carbocycles. The highest BCUT2D eigenvalue weighted by atomic mass is 15.3. The van der Waals surface area contributed by atoms with Crippen LogP contribution in [0, 0.1) is 41.5 Å². The first kappa shape index (κ1) is 32.7. The first-order chi connectivity index (χ1) is 26.3. The Hall–Kier alpha value is -4.69. The van der Waals surface area contributed by atoms with Gasteiger partial charge in [0.2, 0.25) is 13.4 Å². The second-order valence-electron chi connectivity index (χ2n) is 17.7. The number of para-hydroxylation sites is 1. The van der Waals surface area contributed by atoms with E-state index in [1.54, 1.807) is 27.7 Å². The van der Waals surface area contributed by atoms with Gasteiger partial charge in [0.25, 0.3) is 0 Å². The van der Waals surface area contributed by atoms with Gasteiger partial charge in [0.05, 0.1) is 22.8 Å². The van der Waals surface area contributed by atoms with Crippen molar-refractivity contribution < 1.29 is 0 Å². The van der Waals surface area contributed by atoms with Crippen molar-refractivity contribution in [1.29, 1.82) is 0 Å². The standard InChI is InChI=1S/C50H50B2N2/c1-29-21-31(3)47(32(4)22-29)51-39-17-11-19-43-49(39)53(45-27-37-15-9-7-13-35(37)25-41(45)51)44-20-12-18-40-50(44)54(43)46-28-38-16-10-8-14-36(38)26-42(46)52(40)48-33(5)23-30(2)24-34(48)6/h11,17,19-28H,7-10,12-16,18H2,1-6H3. The van der Waals surface area contributed by atoms with Gasteiger partial charge in [0.15, 0.2) is 0 Å². The molecule has 3 aliphatic carbocycles. The molecule has 0 bridgehead atoms. The number of hydrogen-bond acceptors (Lipinski definition) is 2. The summed E-state index contributed by atoms with van der Waals surface area (Å²) in [4.78, 5) is 5.51. The molecule has 3 heterocycles. The molecule has 0 unspecified atom stereocenters. The van der Waals surface area contributed by atoms with Gasteiger partial charge < -0.3 is 9.80 Å². The van der Waals surface area contributed by atoms with E-state index in [0.29, 0.717) is 0 Å². The normalized spacial score (nSPS) is 17.7. The van der Waals surface area contributed by atoms with Crippen LogP contribution in [0.4, 0.5) is 22.7 Å². The van der Waals surface area contributed by atoms with Crippen LogP contribution in [-0.2, 0) is 25.7 Å². The minimum Gasteiger partial charge on any atom is -0.308 e. The molecule has 0 saturated carbocycles. The van der Waals surface area contributed by atoms with Crippen LogP contribution in [0.2, 0.25) is 0 Å². The van der Waals surface area contributed by atoms with Crippen molar-refractivity contribution in [2.45, 2.75) is 106 Å². The van der Waals surface area contributed by atoms with E-state index in [4.69, 9.17) is 0 Å². The van der Waals surface area contributed by atoms with E-state index in [0.717, 1.165) is 12.8 Å². The van der Waals surface area contributed by atoms with Crippen molar-refractivity contribution in [3.05, 3.63) is 145 Å². The quantitative estimate of drug-likeness (QED) is 0.171. The second-order valence-corrected chi connectivity index (χ2v) is 17.7. The number of aryl methyl sites for hydroxylation is 10. The molecule has 0 aromatic heterocycles. The lowest BCUT2D eigenvalue weighted by molar-refractivity contribution is 0.686. The molecular formula is C50H50B2N2. The Morgan fingerprint density at radius 2 is 0.981 bits per heavy atom. The molecule has 4 heteroatoms. The Labute approximate surface area is 323 Å². The molecule has 5 aromatic rings. The third-order valence-corrected chi connectivity index (χ3v) is 14.1. The fourth-order valence-electron chi connectivity index (χ4n) is 12.1. The van der Waals surface area contributed by atoms with Gasteiger partial charge >= 0.3 is 0 Å². The van der Waals surface area contributed by atoms with Gasteiger partial charge in [0, 0.05) is 11.4 Å². The smallest absolute Gasteiger partial charge is 0.247 e. The molecule has 0 atom stereocenters. The fraction of sp³-hybridized carbons (Fsp3) is 0.320. The average molecular weight is 701 g/mol. The van der Waals surface area contributed by atoms with Crippen molar-refractivity contribution >= 4 is 63.5 Å². The predicted molar refractivity (Wildman–Crippen MR) is 232 cm³/mol. The Kier molecular flexibility index (Phi) is 7.21. The Bertz CT molecular complexity index is 2510. The van der Waals surface area contributed by atoms with E-state index in [1.165, 1.54) is 146 Å². The van der Waals surface area contributed by atoms with E-state index in [9.17, 15) is 0 Å². The molecule has 3 aliphatic heterocycles. The highest BCUT2D eigenvalue weighted by Crippen LogP contribution is 2.54. The van der Waals surface area contributed by atoms with Crippen molar-refractivity contribution in [3.63, 3.8) is 0 Å². The number of nitrogens with zero attached hydrogens (tertiary/aromatic N) is 2. The summed E-state index contributed by atoms with van der Waals surface area (Å²) < 4.78 is 0. The van der Waals surface area contributed by atoms with E-state index in [1.807, 2.05) is 0 Å². The lowest BCUT2D eigenvalue weighted by Gasteiger charge is -2.52. The lowest BCUT2D eigenvalue weighted by atomic mass is 9.31. The van der Waals surface area contributed by atoms with Gasteiger partial charge in [-0.2, -0.15) is 0 Å².